The largest absolute Gasteiger partial charge is 0.417 e. The summed E-state index contributed by atoms with van der Waals surface area (Å²) in [6, 6.07) is 50.3. The summed E-state index contributed by atoms with van der Waals surface area (Å²) >= 11 is 0. The normalized spacial score (nSPS) is 11.9. The third-order valence-electron chi connectivity index (χ3n) is 11.7. The molecule has 10 rings (SSSR count). The highest BCUT2D eigenvalue weighted by Crippen LogP contribution is 2.49. The first-order valence-electron chi connectivity index (χ1n) is 19.8. The molecular weight excluding hydrogens is 821 g/mol. The minimum absolute atomic E-state index is 0.0242. The summed E-state index contributed by atoms with van der Waals surface area (Å²) in [5.74, 6) is 0. The van der Waals surface area contributed by atoms with Crippen molar-refractivity contribution < 1.29 is 26.3 Å². The van der Waals surface area contributed by atoms with E-state index in [2.05, 4.69) is 18.2 Å². The second-order valence-corrected chi connectivity index (χ2v) is 15.2. The summed E-state index contributed by atoms with van der Waals surface area (Å²) in [6.45, 7) is 0. The number of fused-ring (bicyclic) bond motifs is 6. The van der Waals surface area contributed by atoms with Crippen LogP contribution in [0.4, 0.5) is 26.3 Å². The monoisotopic (exact) mass is 847 g/mol. The molecule has 0 N–H and O–H groups in total. The molecule has 306 valence electrons. The number of alkyl halides is 6. The van der Waals surface area contributed by atoms with E-state index in [1.165, 1.54) is 12.1 Å². The van der Waals surface area contributed by atoms with Gasteiger partial charge in [-0.15, -0.1) is 0 Å². The standard InChI is InChI=1S/C53H27F6N5/c54-52(55,56)43-16-9-17-44(53(57,58)59)51(43)42-27-49(63-45-18-7-5-14-38(45)40-24-31(20-22-47(40)63)36-12-3-1-10-33(36)28-60)35(30-62)26-50(42)64-46-19-8-6-15-39(46)41-25-32(21-23-48(41)64)37-13-4-2-11-34(37)29-61/h1-27H. The fourth-order valence-corrected chi connectivity index (χ4v) is 9.02. The van der Waals surface area contributed by atoms with E-state index >= 15 is 26.3 Å². The van der Waals surface area contributed by atoms with E-state index in [9.17, 15) is 15.8 Å². The molecular formula is C53H27F6N5. The van der Waals surface area contributed by atoms with Gasteiger partial charge in [0.2, 0.25) is 0 Å². The van der Waals surface area contributed by atoms with Gasteiger partial charge in [-0.05, 0) is 95.1 Å². The second kappa shape index (κ2) is 14.8. The minimum Gasteiger partial charge on any atom is -0.309 e. The summed E-state index contributed by atoms with van der Waals surface area (Å²) in [6.07, 6.45) is -10.5. The molecule has 0 bridgehead atoms. The Morgan fingerprint density at radius 2 is 0.781 bits per heavy atom. The Balaban J connectivity index is 1.34. The molecule has 0 spiro atoms. The number of benzene rings is 8. The zero-order valence-electron chi connectivity index (χ0n) is 33.1. The molecule has 0 aliphatic heterocycles. The van der Waals surface area contributed by atoms with Crippen molar-refractivity contribution in [2.75, 3.05) is 0 Å². The van der Waals surface area contributed by atoms with Crippen molar-refractivity contribution in [2.45, 2.75) is 12.4 Å². The molecule has 0 aliphatic carbocycles. The maximum absolute atomic E-state index is 15.2. The maximum Gasteiger partial charge on any atom is 0.417 e. The van der Waals surface area contributed by atoms with E-state index in [1.807, 2.05) is 36.4 Å². The topological polar surface area (TPSA) is 81.2 Å². The van der Waals surface area contributed by atoms with E-state index in [-0.39, 0.29) is 16.9 Å². The van der Waals surface area contributed by atoms with Gasteiger partial charge in [0.05, 0.1) is 73.4 Å². The van der Waals surface area contributed by atoms with Crippen LogP contribution in [0.5, 0.6) is 0 Å². The van der Waals surface area contributed by atoms with E-state index < -0.39 is 34.6 Å². The van der Waals surface area contributed by atoms with Crippen molar-refractivity contribution >= 4 is 43.6 Å². The molecule has 0 radical (unpaired) electrons. The Morgan fingerprint density at radius 3 is 1.25 bits per heavy atom. The zero-order valence-corrected chi connectivity index (χ0v) is 33.1. The molecule has 0 fully saturated rings. The van der Waals surface area contributed by atoms with Crippen molar-refractivity contribution in [3.05, 3.63) is 192 Å². The quantitative estimate of drug-likeness (QED) is 0.162. The molecule has 64 heavy (non-hydrogen) atoms. The summed E-state index contributed by atoms with van der Waals surface area (Å²) in [4.78, 5) is 0. The van der Waals surface area contributed by atoms with Gasteiger partial charge >= 0.3 is 12.4 Å². The van der Waals surface area contributed by atoms with Crippen LogP contribution >= 0.6 is 0 Å². The molecule has 2 aromatic heterocycles. The third kappa shape index (κ3) is 6.23. The predicted octanol–water partition coefficient (Wildman–Crippen LogP) is 14.5. The van der Waals surface area contributed by atoms with Crippen LogP contribution < -0.4 is 0 Å². The third-order valence-corrected chi connectivity index (χ3v) is 11.7. The lowest BCUT2D eigenvalue weighted by Gasteiger charge is -2.24. The molecule has 0 amide bonds. The van der Waals surface area contributed by atoms with Gasteiger partial charge in [-0.3, -0.25) is 0 Å². The van der Waals surface area contributed by atoms with Gasteiger partial charge in [0.15, 0.2) is 0 Å². The highest BCUT2D eigenvalue weighted by Gasteiger charge is 2.42. The lowest BCUT2D eigenvalue weighted by atomic mass is 9.90. The molecule has 8 aromatic carbocycles. The van der Waals surface area contributed by atoms with Gasteiger partial charge in [-0.1, -0.05) is 91.0 Å². The molecule has 2 heterocycles. The van der Waals surface area contributed by atoms with Crippen molar-refractivity contribution in [1.29, 1.82) is 15.8 Å². The Kier molecular flexibility index (Phi) is 9.14. The smallest absolute Gasteiger partial charge is 0.309 e. The molecule has 10 aromatic rings. The number of hydrogen-bond donors (Lipinski definition) is 0. The average molecular weight is 848 g/mol. The number of halogens is 6. The number of aromatic nitrogens is 2. The second-order valence-electron chi connectivity index (χ2n) is 15.2. The molecule has 11 heteroatoms. The lowest BCUT2D eigenvalue weighted by molar-refractivity contribution is -0.142. The first-order valence-corrected chi connectivity index (χ1v) is 19.8. The van der Waals surface area contributed by atoms with E-state index in [0.29, 0.717) is 89.1 Å². The number of nitrogens with zero attached hydrogens (tertiary/aromatic N) is 5. The molecule has 5 nitrogen and oxygen atoms in total. The van der Waals surface area contributed by atoms with Crippen LogP contribution in [0.25, 0.3) is 88.4 Å². The first-order chi connectivity index (χ1) is 30.9. The summed E-state index contributed by atoms with van der Waals surface area (Å²) in [5, 5.41) is 33.4. The number of rotatable bonds is 5. The molecule has 0 aliphatic rings. The number of para-hydroxylation sites is 2. The zero-order chi connectivity index (χ0) is 44.5. The Labute approximate surface area is 360 Å². The molecule has 0 unspecified atom stereocenters. The van der Waals surface area contributed by atoms with Crippen LogP contribution in [0.15, 0.2) is 164 Å². The van der Waals surface area contributed by atoms with Gasteiger partial charge in [0.1, 0.15) is 6.07 Å². The van der Waals surface area contributed by atoms with Gasteiger partial charge in [-0.2, -0.15) is 42.1 Å². The SMILES string of the molecule is N#Cc1ccccc1-c1ccc2c(c1)c1ccccc1n2-c1cc(-c2c(C(F)(F)F)cccc2C(F)(F)F)c(-n2c3ccccc3c3cc(-c4ccccc4C#N)ccc32)cc1C#N. The van der Waals surface area contributed by atoms with Crippen LogP contribution in [0.2, 0.25) is 0 Å². The summed E-state index contributed by atoms with van der Waals surface area (Å²) < 4.78 is 94.7. The average Bonchev–Trinajstić information content (AvgIpc) is 3.82. The van der Waals surface area contributed by atoms with Crippen molar-refractivity contribution in [1.82, 2.24) is 9.13 Å². The van der Waals surface area contributed by atoms with Crippen molar-refractivity contribution in [3.63, 3.8) is 0 Å². The van der Waals surface area contributed by atoms with Gasteiger partial charge in [0.25, 0.3) is 0 Å². The van der Waals surface area contributed by atoms with Crippen LogP contribution in [-0.2, 0) is 12.4 Å². The Bertz CT molecular complexity index is 3670. The molecule has 0 saturated carbocycles. The van der Waals surface area contributed by atoms with E-state index in [1.54, 1.807) is 106 Å². The lowest BCUT2D eigenvalue weighted by Crippen LogP contribution is -2.15. The van der Waals surface area contributed by atoms with Crippen molar-refractivity contribution in [3.8, 4) is 63.0 Å². The fourth-order valence-electron chi connectivity index (χ4n) is 9.02. The van der Waals surface area contributed by atoms with Crippen LogP contribution in [0, 0.1) is 34.0 Å². The van der Waals surface area contributed by atoms with Crippen LogP contribution in [-0.4, -0.2) is 9.13 Å². The van der Waals surface area contributed by atoms with Crippen LogP contribution in [0.1, 0.15) is 27.8 Å². The van der Waals surface area contributed by atoms with E-state index in [0.717, 1.165) is 6.07 Å². The van der Waals surface area contributed by atoms with Gasteiger partial charge in [0, 0.05) is 32.7 Å². The predicted molar refractivity (Wildman–Crippen MR) is 236 cm³/mol. The number of hydrogen-bond acceptors (Lipinski definition) is 3. The fraction of sp³-hybridized carbons (Fsp3) is 0.0377. The molecule has 0 saturated heterocycles. The van der Waals surface area contributed by atoms with E-state index in [4.69, 9.17) is 0 Å². The Hall–Kier alpha value is -8.59. The maximum atomic E-state index is 15.2. The highest BCUT2D eigenvalue weighted by atomic mass is 19.4. The van der Waals surface area contributed by atoms with Gasteiger partial charge < -0.3 is 9.13 Å². The van der Waals surface area contributed by atoms with Crippen LogP contribution in [0.3, 0.4) is 0 Å². The number of nitriles is 3. The molecule has 0 atom stereocenters. The highest BCUT2D eigenvalue weighted by molar-refractivity contribution is 6.13. The summed E-state index contributed by atoms with van der Waals surface area (Å²) in [5.41, 5.74) is 0.952. The van der Waals surface area contributed by atoms with Gasteiger partial charge in [-0.25, -0.2) is 0 Å². The first kappa shape index (κ1) is 39.5. The minimum atomic E-state index is -5.23. The Morgan fingerprint density at radius 1 is 0.359 bits per heavy atom. The summed E-state index contributed by atoms with van der Waals surface area (Å²) in [7, 11) is 0. The van der Waals surface area contributed by atoms with Crippen molar-refractivity contribution in [2.24, 2.45) is 0 Å².